The first kappa shape index (κ1) is 17.9. The molecule has 0 radical (unpaired) electrons. The van der Waals surface area contributed by atoms with Crippen LogP contribution in [0.25, 0.3) is 22.3 Å². The lowest BCUT2D eigenvalue weighted by Gasteiger charge is -2.12. The molecule has 4 aromatic rings. The number of benzene rings is 3. The highest BCUT2D eigenvalue weighted by Gasteiger charge is 2.18. The van der Waals surface area contributed by atoms with Crippen molar-refractivity contribution >= 4 is 26.7 Å². The van der Waals surface area contributed by atoms with Gasteiger partial charge in [0.15, 0.2) is 0 Å². The zero-order chi connectivity index (χ0) is 19.7. The van der Waals surface area contributed by atoms with Gasteiger partial charge in [0, 0.05) is 5.56 Å². The summed E-state index contributed by atoms with van der Waals surface area (Å²) in [6.45, 7) is 0. The molecule has 1 aromatic heterocycles. The molecule has 4 rings (SSSR count). The molecule has 0 bridgehead atoms. The molecule has 140 valence electrons. The lowest BCUT2D eigenvalue weighted by molar-refractivity contribution is 0.599. The number of hydrogen-bond acceptors (Lipinski definition) is 4. The first-order chi connectivity index (χ1) is 13.4. The Morgan fingerprint density at radius 3 is 2.36 bits per heavy atom. The van der Waals surface area contributed by atoms with Crippen molar-refractivity contribution in [3.8, 4) is 11.3 Å². The summed E-state index contributed by atoms with van der Waals surface area (Å²) in [5.74, 6) is -0.536. The van der Waals surface area contributed by atoms with Crippen molar-refractivity contribution in [1.82, 2.24) is 9.97 Å². The van der Waals surface area contributed by atoms with Crippen molar-refractivity contribution < 1.29 is 12.8 Å². The second-order valence-electron chi connectivity index (χ2n) is 6.04. The number of sulfonamides is 1. The maximum Gasteiger partial charge on any atom is 0.275 e. The number of aromatic nitrogens is 2. The van der Waals surface area contributed by atoms with Crippen molar-refractivity contribution in [2.45, 2.75) is 4.90 Å². The smallest absolute Gasteiger partial charge is 0.275 e. The third-order valence-electron chi connectivity index (χ3n) is 4.15. The van der Waals surface area contributed by atoms with Gasteiger partial charge in [-0.05, 0) is 42.5 Å². The first-order valence-electron chi connectivity index (χ1n) is 8.31. The first-order valence-corrected chi connectivity index (χ1v) is 9.79. The van der Waals surface area contributed by atoms with Gasteiger partial charge in [-0.3, -0.25) is 9.52 Å². The molecule has 3 aromatic carbocycles. The Morgan fingerprint density at radius 2 is 1.57 bits per heavy atom. The van der Waals surface area contributed by atoms with Gasteiger partial charge in [0.2, 0.25) is 0 Å². The number of halogens is 1. The second kappa shape index (κ2) is 6.90. The molecular weight excluding hydrogens is 381 g/mol. The van der Waals surface area contributed by atoms with E-state index >= 15 is 0 Å². The molecule has 0 unspecified atom stereocenters. The quantitative estimate of drug-likeness (QED) is 0.553. The predicted octanol–water partition coefficient (Wildman–Crippen LogP) is 3.53. The summed E-state index contributed by atoms with van der Waals surface area (Å²) in [7, 11) is -3.97. The van der Waals surface area contributed by atoms with Crippen molar-refractivity contribution in [2.24, 2.45) is 0 Å². The standard InChI is InChI=1S/C20H14FN3O3S/c21-13-9-11-14(12-10-13)28(26,27)24-16-6-2-1-5-15(16)19-20(25)23-18-8-4-3-7-17(18)22-19/h1-12,24H,(H,23,25). The van der Waals surface area contributed by atoms with Crippen LogP contribution in [0, 0.1) is 5.82 Å². The highest BCUT2D eigenvalue weighted by Crippen LogP contribution is 2.27. The molecule has 8 heteroatoms. The van der Waals surface area contributed by atoms with Gasteiger partial charge in [0.1, 0.15) is 11.5 Å². The Labute approximate surface area is 159 Å². The molecule has 0 aliphatic rings. The number of nitrogens with one attached hydrogen (secondary N) is 2. The molecule has 0 atom stereocenters. The van der Waals surface area contributed by atoms with Gasteiger partial charge in [-0.2, -0.15) is 0 Å². The van der Waals surface area contributed by atoms with Crippen molar-refractivity contribution in [3.63, 3.8) is 0 Å². The highest BCUT2D eigenvalue weighted by molar-refractivity contribution is 7.92. The summed E-state index contributed by atoms with van der Waals surface area (Å²) in [4.78, 5) is 19.6. The molecule has 0 spiro atoms. The van der Waals surface area contributed by atoms with Crippen LogP contribution < -0.4 is 10.3 Å². The zero-order valence-corrected chi connectivity index (χ0v) is 15.2. The number of hydrogen-bond donors (Lipinski definition) is 2. The van der Waals surface area contributed by atoms with Crippen LogP contribution >= 0.6 is 0 Å². The van der Waals surface area contributed by atoms with E-state index in [0.29, 0.717) is 16.6 Å². The molecule has 0 aliphatic carbocycles. The topological polar surface area (TPSA) is 91.9 Å². The summed E-state index contributed by atoms with van der Waals surface area (Å²) >= 11 is 0. The molecule has 0 amide bonds. The SMILES string of the molecule is O=c1[nH]c2ccccc2nc1-c1ccccc1NS(=O)(=O)c1ccc(F)cc1. The van der Waals surface area contributed by atoms with E-state index in [4.69, 9.17) is 0 Å². The number of para-hydroxylation sites is 3. The molecule has 2 N–H and O–H groups in total. The van der Waals surface area contributed by atoms with Crippen LogP contribution in [0.15, 0.2) is 82.5 Å². The van der Waals surface area contributed by atoms with Crippen LogP contribution in [0.2, 0.25) is 0 Å². The molecule has 0 saturated carbocycles. The number of rotatable bonds is 4. The van der Waals surface area contributed by atoms with Gasteiger partial charge in [-0.25, -0.2) is 17.8 Å². The van der Waals surface area contributed by atoms with Crippen molar-refractivity contribution in [2.75, 3.05) is 4.72 Å². The molecular formula is C20H14FN3O3S. The number of anilines is 1. The van der Waals surface area contributed by atoms with Crippen LogP contribution in [0.5, 0.6) is 0 Å². The summed E-state index contributed by atoms with van der Waals surface area (Å²) in [6, 6.07) is 18.0. The van der Waals surface area contributed by atoms with E-state index in [-0.39, 0.29) is 16.3 Å². The van der Waals surface area contributed by atoms with Crippen LogP contribution in [0.1, 0.15) is 0 Å². The Bertz CT molecular complexity index is 1330. The third kappa shape index (κ3) is 3.37. The zero-order valence-electron chi connectivity index (χ0n) is 14.4. The van der Waals surface area contributed by atoms with E-state index in [0.717, 1.165) is 12.1 Å². The second-order valence-corrected chi connectivity index (χ2v) is 7.72. The Balaban J connectivity index is 1.81. The number of H-pyrrole nitrogens is 1. The Kier molecular flexibility index (Phi) is 4.40. The number of nitrogens with zero attached hydrogens (tertiary/aromatic N) is 1. The van der Waals surface area contributed by atoms with E-state index < -0.39 is 21.4 Å². The molecule has 6 nitrogen and oxygen atoms in total. The molecule has 1 heterocycles. The van der Waals surface area contributed by atoms with Crippen LogP contribution in [0.4, 0.5) is 10.1 Å². The predicted molar refractivity (Wildman–Crippen MR) is 105 cm³/mol. The lowest BCUT2D eigenvalue weighted by atomic mass is 10.1. The molecule has 0 fully saturated rings. The average Bonchev–Trinajstić information content (AvgIpc) is 2.68. The third-order valence-corrected chi connectivity index (χ3v) is 5.53. The van der Waals surface area contributed by atoms with E-state index in [1.807, 2.05) is 0 Å². The number of aromatic amines is 1. The highest BCUT2D eigenvalue weighted by atomic mass is 32.2. The van der Waals surface area contributed by atoms with E-state index in [2.05, 4.69) is 14.7 Å². The minimum absolute atomic E-state index is 0.0934. The lowest BCUT2D eigenvalue weighted by Crippen LogP contribution is -2.16. The largest absolute Gasteiger partial charge is 0.319 e. The fraction of sp³-hybridized carbons (Fsp3) is 0. The fourth-order valence-electron chi connectivity index (χ4n) is 2.81. The van der Waals surface area contributed by atoms with Gasteiger partial charge in [-0.1, -0.05) is 30.3 Å². The Morgan fingerprint density at radius 1 is 0.893 bits per heavy atom. The van der Waals surface area contributed by atoms with Gasteiger partial charge in [0.05, 0.1) is 21.6 Å². The molecule has 0 aliphatic heterocycles. The van der Waals surface area contributed by atoms with E-state index in [9.17, 15) is 17.6 Å². The number of fused-ring (bicyclic) bond motifs is 1. The average molecular weight is 395 g/mol. The summed E-state index contributed by atoms with van der Waals surface area (Å²) in [5, 5.41) is 0. The van der Waals surface area contributed by atoms with Crippen LogP contribution in [-0.2, 0) is 10.0 Å². The summed E-state index contributed by atoms with van der Waals surface area (Å²) in [5.41, 5.74) is 1.34. The van der Waals surface area contributed by atoms with Gasteiger partial charge in [0.25, 0.3) is 15.6 Å². The Hall–Kier alpha value is -3.52. The minimum Gasteiger partial charge on any atom is -0.319 e. The maximum atomic E-state index is 13.1. The normalized spacial score (nSPS) is 11.5. The minimum atomic E-state index is -3.97. The summed E-state index contributed by atoms with van der Waals surface area (Å²) in [6.07, 6.45) is 0. The summed E-state index contributed by atoms with van der Waals surface area (Å²) < 4.78 is 40.9. The molecule has 0 saturated heterocycles. The molecule has 28 heavy (non-hydrogen) atoms. The van der Waals surface area contributed by atoms with Crippen LogP contribution in [-0.4, -0.2) is 18.4 Å². The monoisotopic (exact) mass is 395 g/mol. The van der Waals surface area contributed by atoms with E-state index in [1.165, 1.54) is 18.2 Å². The van der Waals surface area contributed by atoms with Crippen molar-refractivity contribution in [1.29, 1.82) is 0 Å². The van der Waals surface area contributed by atoms with E-state index in [1.54, 1.807) is 42.5 Å². The van der Waals surface area contributed by atoms with Crippen molar-refractivity contribution in [3.05, 3.63) is 89.0 Å². The van der Waals surface area contributed by atoms with Gasteiger partial charge in [-0.15, -0.1) is 0 Å². The maximum absolute atomic E-state index is 13.1. The fourth-order valence-corrected chi connectivity index (χ4v) is 3.89. The van der Waals surface area contributed by atoms with Gasteiger partial charge >= 0.3 is 0 Å². The van der Waals surface area contributed by atoms with Crippen LogP contribution in [0.3, 0.4) is 0 Å². The van der Waals surface area contributed by atoms with Gasteiger partial charge < -0.3 is 4.98 Å².